The summed E-state index contributed by atoms with van der Waals surface area (Å²) in [4.78, 5) is 0. The van der Waals surface area contributed by atoms with Gasteiger partial charge in [-0.3, -0.25) is 0 Å². The van der Waals surface area contributed by atoms with Crippen LogP contribution in [0.4, 0.5) is 0 Å². The Kier molecular flexibility index (Phi) is 25.2. The maximum atomic E-state index is 4.85. The maximum absolute atomic E-state index is 4.85. The average molecular weight is 1230 g/mol. The fourth-order valence-electron chi connectivity index (χ4n) is 9.26. The van der Waals surface area contributed by atoms with E-state index >= 15 is 0 Å². The van der Waals surface area contributed by atoms with E-state index in [4.69, 9.17) is 19.4 Å². The van der Waals surface area contributed by atoms with Gasteiger partial charge >= 0.3 is 34.5 Å². The van der Waals surface area contributed by atoms with E-state index in [2.05, 4.69) is 364 Å². The molecule has 0 radical (unpaired) electrons. The second-order valence-electron chi connectivity index (χ2n) is 17.9. The zero-order valence-corrected chi connectivity index (χ0v) is 51.0. The van der Waals surface area contributed by atoms with Crippen LogP contribution in [0.2, 0.25) is 0 Å². The Balaban J connectivity index is 0.000000136. The molecule has 0 nitrogen and oxygen atoms in total. The van der Waals surface area contributed by atoms with Crippen LogP contribution in [0, 0.1) is 0 Å². The van der Waals surface area contributed by atoms with Gasteiger partial charge in [0.15, 0.2) is 0 Å². The van der Waals surface area contributed by atoms with E-state index in [1.54, 1.807) is 0 Å². The van der Waals surface area contributed by atoms with Crippen molar-refractivity contribution in [3.63, 3.8) is 0 Å². The molecule has 79 heavy (non-hydrogen) atoms. The number of rotatable bonds is 12. The van der Waals surface area contributed by atoms with E-state index in [-0.39, 0.29) is 15.1 Å². The van der Waals surface area contributed by atoms with E-state index in [1.807, 2.05) is 0 Å². The fourth-order valence-corrected chi connectivity index (χ4v) is 19.6. The van der Waals surface area contributed by atoms with Crippen LogP contribution in [0.25, 0.3) is 0 Å². The summed E-state index contributed by atoms with van der Waals surface area (Å²) in [6.07, 6.45) is 0. The van der Waals surface area contributed by atoms with Crippen molar-refractivity contribution in [1.82, 2.24) is 0 Å². The summed E-state index contributed by atoms with van der Waals surface area (Å²) in [6.45, 7) is 0. The number of benzene rings is 12. The third-order valence-corrected chi connectivity index (χ3v) is 23.7. The fraction of sp³-hybridized carbons (Fsp3) is 0. The average Bonchev–Trinajstić information content (AvgIpc) is 3.55. The van der Waals surface area contributed by atoms with Crippen molar-refractivity contribution in [3.8, 4) is 0 Å². The van der Waals surface area contributed by atoms with Crippen molar-refractivity contribution < 1.29 is 15.1 Å². The van der Waals surface area contributed by atoms with E-state index in [1.165, 1.54) is 63.7 Å². The predicted molar refractivity (Wildman–Crippen MR) is 358 cm³/mol. The molecule has 0 aliphatic heterocycles. The molecule has 0 heterocycles. The van der Waals surface area contributed by atoms with Gasteiger partial charge in [-0.15, -0.1) is 0 Å². The van der Waals surface area contributed by atoms with Gasteiger partial charge in [-0.1, -0.05) is 218 Å². The first-order valence-corrected chi connectivity index (χ1v) is 36.7. The molecule has 0 unspecified atom stereocenters. The monoisotopic (exact) mass is 1220 g/mol. The van der Waals surface area contributed by atoms with Gasteiger partial charge in [0.1, 0.15) is 63.7 Å². The molecule has 0 aliphatic rings. The van der Waals surface area contributed by atoms with E-state index in [0.29, 0.717) is 0 Å². The molecule has 12 aromatic rings. The topological polar surface area (TPSA) is 0 Å². The van der Waals surface area contributed by atoms with E-state index < -0.39 is 31.7 Å². The van der Waals surface area contributed by atoms with Gasteiger partial charge in [-0.2, -0.15) is 0 Å². The first kappa shape index (κ1) is 58.7. The van der Waals surface area contributed by atoms with Gasteiger partial charge in [0.05, 0.1) is 31.7 Å². The standard InChI is InChI=1S/4C18H15P.2ClH.Ru/c4*1-4-10-16(11-5-1)19(17-12-6-2-7-13-17)18-14-8-3-9-15-18;;;/h4*1-15H;2*1H;/q;;;;;;+2/p+2. The molecule has 390 valence electrons. The minimum atomic E-state index is -0.877. The van der Waals surface area contributed by atoms with Crippen molar-refractivity contribution in [1.29, 1.82) is 0 Å². The Hall–Kier alpha value is -6.44. The minimum absolute atomic E-state index is 0.346. The van der Waals surface area contributed by atoms with Crippen LogP contribution in [0.1, 0.15) is 0 Å². The van der Waals surface area contributed by atoms with Crippen LogP contribution in [-0.4, -0.2) is 0 Å². The molecule has 12 rings (SSSR count). The second kappa shape index (κ2) is 33.9. The van der Waals surface area contributed by atoms with Gasteiger partial charge in [0, 0.05) is 0 Å². The molecule has 0 aliphatic carbocycles. The first-order valence-electron chi connectivity index (χ1n) is 26.2. The molecule has 0 fully saturated rings. The smallest absolute Gasteiger partial charge is 0.0620 e. The first-order chi connectivity index (χ1) is 39.2. The Morgan fingerprint density at radius 1 is 0.139 bits per heavy atom. The zero-order valence-electron chi connectivity index (χ0n) is 43.8. The van der Waals surface area contributed by atoms with Crippen molar-refractivity contribution >= 4 is 115 Å². The van der Waals surface area contributed by atoms with E-state index in [0.717, 1.165) is 0 Å². The van der Waals surface area contributed by atoms with Gasteiger partial charge in [-0.25, -0.2) is 0 Å². The van der Waals surface area contributed by atoms with Crippen molar-refractivity contribution in [2.45, 2.75) is 0 Å². The minimum Gasteiger partial charge on any atom is -0.0620 e. The molecule has 0 spiro atoms. The van der Waals surface area contributed by atoms with Gasteiger partial charge in [-0.05, 0) is 146 Å². The third-order valence-electron chi connectivity index (χ3n) is 12.7. The Morgan fingerprint density at radius 3 is 0.266 bits per heavy atom. The molecule has 7 heteroatoms. The van der Waals surface area contributed by atoms with Crippen molar-refractivity contribution in [3.05, 3.63) is 364 Å². The van der Waals surface area contributed by atoms with Crippen LogP contribution in [-0.2, 0) is 15.1 Å². The van der Waals surface area contributed by atoms with Gasteiger partial charge in [0.25, 0.3) is 0 Å². The largest absolute Gasteiger partial charge is 0.102 e. The van der Waals surface area contributed by atoms with Crippen LogP contribution < -0.4 is 63.7 Å². The summed E-state index contributed by atoms with van der Waals surface area (Å²) in [5, 5.41) is 17.2. The molecule has 0 bridgehead atoms. The van der Waals surface area contributed by atoms with Gasteiger partial charge in [0.2, 0.25) is 0 Å². The Morgan fingerprint density at radius 2 is 0.203 bits per heavy atom. The Bertz CT molecular complexity index is 2610. The Labute approximate surface area is 490 Å². The number of hydrogen-bond acceptors (Lipinski definition) is 0. The predicted octanol–water partition coefficient (Wildman–Crippen LogP) is 14.1. The quantitative estimate of drug-likeness (QED) is 0.0845. The molecule has 0 saturated carbocycles. The molecule has 0 saturated heterocycles. The maximum Gasteiger partial charge on any atom is 0.102 e. The molecule has 12 aromatic carbocycles. The van der Waals surface area contributed by atoms with Crippen molar-refractivity contribution in [2.75, 3.05) is 0 Å². The summed E-state index contributed by atoms with van der Waals surface area (Å²) in [6, 6.07) is 130. The molecule has 0 N–H and O–H groups in total. The molecular formula is C72H64Cl2P4Ru+4. The van der Waals surface area contributed by atoms with E-state index in [9.17, 15) is 0 Å². The van der Waals surface area contributed by atoms with Crippen LogP contribution in [0.3, 0.4) is 0 Å². The van der Waals surface area contributed by atoms with Crippen molar-refractivity contribution in [2.24, 2.45) is 0 Å². The molecule has 0 atom stereocenters. The molecular weight excluding hydrogens is 1160 g/mol. The molecule has 0 aromatic heterocycles. The van der Waals surface area contributed by atoms with Crippen LogP contribution in [0.15, 0.2) is 364 Å². The van der Waals surface area contributed by atoms with Gasteiger partial charge < -0.3 is 0 Å². The summed E-state index contributed by atoms with van der Waals surface area (Å²) in [7, 11) is 6.20. The summed E-state index contributed by atoms with van der Waals surface area (Å²) >= 11 is -0.346. The number of halogens is 2. The normalized spacial score (nSPS) is 10.5. The third kappa shape index (κ3) is 18.3. The SMILES string of the molecule is [Cl][Ru][Cl].c1ccc([PH+](c2ccccc2)c2ccccc2)cc1.c1ccc([PH+](c2ccccc2)c2ccccc2)cc1.c1ccc([PH+](c2ccccc2)c2ccccc2)cc1.c1ccc([PH+](c2ccccc2)c2ccccc2)cc1. The summed E-state index contributed by atoms with van der Waals surface area (Å²) in [5.74, 6) is 0. The second-order valence-corrected chi connectivity index (χ2v) is 30.5. The van der Waals surface area contributed by atoms with Crippen LogP contribution >= 0.6 is 51.1 Å². The van der Waals surface area contributed by atoms with Crippen LogP contribution in [0.5, 0.6) is 0 Å². The number of hydrogen-bond donors (Lipinski definition) is 0. The summed E-state index contributed by atoms with van der Waals surface area (Å²) < 4.78 is 0. The zero-order chi connectivity index (χ0) is 54.4. The summed E-state index contributed by atoms with van der Waals surface area (Å²) in [5.41, 5.74) is 0. The molecule has 0 amide bonds.